The van der Waals surface area contributed by atoms with Gasteiger partial charge in [-0.25, -0.2) is 4.79 Å². The maximum absolute atomic E-state index is 12.0. The van der Waals surface area contributed by atoms with Crippen LogP contribution >= 0.6 is 0 Å². The molecule has 2 heterocycles. The molecule has 0 spiro atoms. The smallest absolute Gasteiger partial charge is 0.410 e. The lowest BCUT2D eigenvalue weighted by molar-refractivity contribution is 0.00701. The van der Waals surface area contributed by atoms with E-state index in [2.05, 4.69) is 38.8 Å². The maximum atomic E-state index is 12.0. The van der Waals surface area contributed by atoms with E-state index in [9.17, 15) is 4.79 Å². The Labute approximate surface area is 159 Å². The molecule has 27 heavy (non-hydrogen) atoms. The number of benzene rings is 1. The monoisotopic (exact) mass is 369 g/mol. The van der Waals surface area contributed by atoms with Crippen molar-refractivity contribution in [3.8, 4) is 0 Å². The summed E-state index contributed by atoms with van der Waals surface area (Å²) < 4.78 is 5.37. The van der Waals surface area contributed by atoms with Gasteiger partial charge in [0.15, 0.2) is 5.96 Å². The number of carbonyl (C=O) groups is 1. The quantitative estimate of drug-likeness (QED) is 0.642. The van der Waals surface area contributed by atoms with Gasteiger partial charge in [-0.05, 0) is 32.4 Å². The van der Waals surface area contributed by atoms with E-state index in [4.69, 9.17) is 4.74 Å². The van der Waals surface area contributed by atoms with Gasteiger partial charge in [0.2, 0.25) is 0 Å². The minimum atomic E-state index is -0.473. The van der Waals surface area contributed by atoms with Crippen molar-refractivity contribution in [1.29, 1.82) is 0 Å². The van der Waals surface area contributed by atoms with Gasteiger partial charge in [0.25, 0.3) is 0 Å². The van der Waals surface area contributed by atoms with Crippen LogP contribution in [0.3, 0.4) is 0 Å². The Hall–Kier alpha value is -2.83. The van der Waals surface area contributed by atoms with Crippen LogP contribution in [0, 0.1) is 0 Å². The molecule has 0 atom stereocenters. The number of nitrogens with one attached hydrogen (secondary N) is 2. The van der Waals surface area contributed by atoms with Crippen LogP contribution in [0.25, 0.3) is 10.9 Å². The van der Waals surface area contributed by atoms with Crippen LogP contribution in [0.5, 0.6) is 0 Å². The molecular formula is C20H27N5O2. The van der Waals surface area contributed by atoms with Crippen molar-refractivity contribution < 1.29 is 9.53 Å². The minimum absolute atomic E-state index is 0.161. The van der Waals surface area contributed by atoms with Gasteiger partial charge in [0.1, 0.15) is 5.60 Å². The van der Waals surface area contributed by atoms with Gasteiger partial charge in [-0.3, -0.25) is 9.98 Å². The fourth-order valence-corrected chi connectivity index (χ4v) is 2.92. The van der Waals surface area contributed by atoms with E-state index in [0.29, 0.717) is 25.6 Å². The van der Waals surface area contributed by atoms with Crippen LogP contribution in [0.2, 0.25) is 0 Å². The number of aromatic nitrogens is 1. The number of nitrogens with zero attached hydrogens (tertiary/aromatic N) is 3. The first-order valence-corrected chi connectivity index (χ1v) is 9.13. The average Bonchev–Trinajstić information content (AvgIpc) is 2.58. The van der Waals surface area contributed by atoms with Crippen molar-refractivity contribution in [3.05, 3.63) is 42.1 Å². The molecule has 0 bridgehead atoms. The molecule has 1 saturated heterocycles. The average molecular weight is 369 g/mol. The fraction of sp³-hybridized carbons (Fsp3) is 0.450. The first-order chi connectivity index (χ1) is 12.9. The summed E-state index contributed by atoms with van der Waals surface area (Å²) in [6.45, 7) is 7.43. The molecule has 2 aromatic rings. The van der Waals surface area contributed by atoms with Gasteiger partial charge < -0.3 is 20.3 Å². The van der Waals surface area contributed by atoms with E-state index in [1.807, 2.05) is 32.9 Å². The van der Waals surface area contributed by atoms with Gasteiger partial charge in [-0.15, -0.1) is 0 Å². The molecule has 2 N–H and O–H groups in total. The number of amides is 1. The lowest BCUT2D eigenvalue weighted by Gasteiger charge is -2.40. The molecule has 0 aliphatic carbocycles. The fourth-order valence-electron chi connectivity index (χ4n) is 2.92. The molecule has 1 fully saturated rings. The molecule has 0 unspecified atom stereocenters. The number of likely N-dealkylation sites (tertiary alicyclic amines) is 1. The summed E-state index contributed by atoms with van der Waals surface area (Å²) in [5.41, 5.74) is 1.63. The van der Waals surface area contributed by atoms with Gasteiger partial charge >= 0.3 is 6.09 Å². The van der Waals surface area contributed by atoms with Gasteiger partial charge in [0, 0.05) is 38.3 Å². The Morgan fingerprint density at radius 2 is 2.04 bits per heavy atom. The standard InChI is InChI=1S/C20H27N5O2/c1-20(2,3)27-19(26)25-12-16(13-25)24-18(21-4)23-11-15-8-5-7-14-9-6-10-22-17(14)15/h5-10,16H,11-13H2,1-4H3,(H2,21,23,24). The van der Waals surface area contributed by atoms with Crippen LogP contribution in [-0.4, -0.2) is 53.7 Å². The van der Waals surface area contributed by atoms with Crippen molar-refractivity contribution >= 4 is 23.0 Å². The van der Waals surface area contributed by atoms with Crippen LogP contribution in [0.15, 0.2) is 41.5 Å². The molecule has 3 rings (SSSR count). The van der Waals surface area contributed by atoms with Crippen LogP contribution in [-0.2, 0) is 11.3 Å². The molecule has 1 aliphatic heterocycles. The predicted octanol–water partition coefficient (Wildman–Crippen LogP) is 2.52. The summed E-state index contributed by atoms with van der Waals surface area (Å²) in [6, 6.07) is 10.3. The van der Waals surface area contributed by atoms with Crippen molar-refractivity contribution in [2.75, 3.05) is 20.1 Å². The zero-order chi connectivity index (χ0) is 19.4. The summed E-state index contributed by atoms with van der Waals surface area (Å²) in [6.07, 6.45) is 1.53. The topological polar surface area (TPSA) is 78.9 Å². The lowest BCUT2D eigenvalue weighted by Crippen LogP contribution is -2.63. The lowest BCUT2D eigenvalue weighted by atomic mass is 10.1. The molecule has 144 valence electrons. The number of hydrogen-bond acceptors (Lipinski definition) is 4. The Balaban J connectivity index is 1.50. The highest BCUT2D eigenvalue weighted by Gasteiger charge is 2.34. The molecule has 7 nitrogen and oxygen atoms in total. The molecule has 7 heteroatoms. The van der Waals surface area contributed by atoms with Gasteiger partial charge in [-0.2, -0.15) is 0 Å². The third kappa shape index (κ3) is 4.87. The van der Waals surface area contributed by atoms with Crippen molar-refractivity contribution in [3.63, 3.8) is 0 Å². The second-order valence-corrected chi connectivity index (χ2v) is 7.64. The normalized spacial score (nSPS) is 15.4. The third-order valence-corrected chi connectivity index (χ3v) is 4.26. The van der Waals surface area contributed by atoms with Gasteiger partial charge in [0.05, 0.1) is 11.6 Å². The number of rotatable bonds is 3. The molecule has 1 amide bonds. The van der Waals surface area contributed by atoms with Crippen LogP contribution in [0.4, 0.5) is 4.79 Å². The number of pyridine rings is 1. The highest BCUT2D eigenvalue weighted by molar-refractivity contribution is 5.83. The largest absolute Gasteiger partial charge is 0.444 e. The summed E-state index contributed by atoms with van der Waals surface area (Å²) in [4.78, 5) is 22.4. The second-order valence-electron chi connectivity index (χ2n) is 7.64. The molecule has 1 aromatic heterocycles. The highest BCUT2D eigenvalue weighted by atomic mass is 16.6. The number of carbonyl (C=O) groups excluding carboxylic acids is 1. The Kier molecular flexibility index (Phi) is 5.48. The zero-order valence-electron chi connectivity index (χ0n) is 16.3. The first kappa shape index (κ1) is 18.9. The van der Waals surface area contributed by atoms with Crippen molar-refractivity contribution in [1.82, 2.24) is 20.5 Å². The Morgan fingerprint density at radius 3 is 2.74 bits per heavy atom. The van der Waals surface area contributed by atoms with Crippen molar-refractivity contribution in [2.45, 2.75) is 39.0 Å². The maximum Gasteiger partial charge on any atom is 0.410 e. The number of hydrogen-bond donors (Lipinski definition) is 2. The number of guanidine groups is 1. The van der Waals surface area contributed by atoms with Crippen LogP contribution < -0.4 is 10.6 Å². The number of fused-ring (bicyclic) bond motifs is 1. The predicted molar refractivity (Wildman–Crippen MR) is 107 cm³/mol. The molecule has 1 aliphatic rings. The minimum Gasteiger partial charge on any atom is -0.444 e. The van der Waals surface area contributed by atoms with E-state index in [1.54, 1.807) is 18.1 Å². The molecule has 0 saturated carbocycles. The summed E-state index contributed by atoms with van der Waals surface area (Å²) in [5, 5.41) is 7.78. The molecule has 1 aromatic carbocycles. The number of para-hydroxylation sites is 1. The second kappa shape index (κ2) is 7.82. The van der Waals surface area contributed by atoms with Gasteiger partial charge in [-0.1, -0.05) is 24.3 Å². The zero-order valence-corrected chi connectivity index (χ0v) is 16.3. The number of ether oxygens (including phenoxy) is 1. The molecule has 0 radical (unpaired) electrons. The number of aliphatic imine (C=N–C) groups is 1. The van der Waals surface area contributed by atoms with Crippen molar-refractivity contribution in [2.24, 2.45) is 4.99 Å². The van der Waals surface area contributed by atoms with Crippen LogP contribution in [0.1, 0.15) is 26.3 Å². The van der Waals surface area contributed by atoms with E-state index in [0.717, 1.165) is 16.5 Å². The highest BCUT2D eigenvalue weighted by Crippen LogP contribution is 2.16. The first-order valence-electron chi connectivity index (χ1n) is 9.13. The summed E-state index contributed by atoms with van der Waals surface area (Å²) >= 11 is 0. The summed E-state index contributed by atoms with van der Waals surface area (Å²) in [5.74, 6) is 0.705. The van der Waals surface area contributed by atoms with E-state index < -0.39 is 5.60 Å². The van der Waals surface area contributed by atoms with E-state index in [1.165, 1.54) is 0 Å². The Morgan fingerprint density at radius 1 is 1.30 bits per heavy atom. The van der Waals surface area contributed by atoms with E-state index >= 15 is 0 Å². The molecular weight excluding hydrogens is 342 g/mol. The SMILES string of the molecule is CN=C(NCc1cccc2cccnc12)NC1CN(C(=O)OC(C)(C)C)C1. The third-order valence-electron chi connectivity index (χ3n) is 4.26. The van der Waals surface area contributed by atoms with E-state index in [-0.39, 0.29) is 12.1 Å². The Bertz CT molecular complexity index is 832. The summed E-state index contributed by atoms with van der Waals surface area (Å²) in [7, 11) is 1.74.